The maximum atomic E-state index is 12.9. The van der Waals surface area contributed by atoms with Gasteiger partial charge in [-0.05, 0) is 28.4 Å². The minimum absolute atomic E-state index is 0.116. The molecule has 0 aliphatic rings. The van der Waals surface area contributed by atoms with Gasteiger partial charge < -0.3 is 4.57 Å². The number of hydrogen-bond acceptors (Lipinski definition) is 3. The van der Waals surface area contributed by atoms with Crippen LogP contribution in [0.3, 0.4) is 0 Å². The molecule has 130 valence electrons. The summed E-state index contributed by atoms with van der Waals surface area (Å²) in [6.45, 7) is 2.28. The summed E-state index contributed by atoms with van der Waals surface area (Å²) in [5.41, 5.74) is 0.933. The average Bonchev–Trinajstić information content (AvgIpc) is 2.90. The fourth-order valence-corrected chi connectivity index (χ4v) is 3.17. The van der Waals surface area contributed by atoms with Gasteiger partial charge in [0.05, 0.1) is 13.1 Å². The van der Waals surface area contributed by atoms with Gasteiger partial charge in [0.15, 0.2) is 15.9 Å². The van der Waals surface area contributed by atoms with E-state index >= 15 is 0 Å². The molecule has 6 nitrogen and oxygen atoms in total. The molecule has 1 aromatic carbocycles. The van der Waals surface area contributed by atoms with Crippen LogP contribution >= 0.6 is 27.5 Å². The predicted octanol–water partition coefficient (Wildman–Crippen LogP) is 2.85. The van der Waals surface area contributed by atoms with Crippen LogP contribution in [0.5, 0.6) is 0 Å². The maximum Gasteiger partial charge on any atom is 0.332 e. The molecule has 8 heteroatoms. The minimum atomic E-state index is -0.427. The highest BCUT2D eigenvalue weighted by Crippen LogP contribution is 2.18. The molecular weight excluding hydrogens is 408 g/mol. The Kier molecular flexibility index (Phi) is 4.96. The lowest BCUT2D eigenvalue weighted by Crippen LogP contribution is -2.39. The molecule has 25 heavy (non-hydrogen) atoms. The van der Waals surface area contributed by atoms with Crippen molar-refractivity contribution < 1.29 is 0 Å². The standard InChI is InChI=1S/C17H16BrClN4O2/c1-11(19)8-9-22-15(24)13-14(21(2)17(22)25)20-16(18)23(13)10-12-6-4-3-5-7-12/h3-8H,9-10H2,1-2H3. The van der Waals surface area contributed by atoms with Gasteiger partial charge in [0.25, 0.3) is 5.56 Å². The van der Waals surface area contributed by atoms with Crippen molar-refractivity contribution in [3.63, 3.8) is 0 Å². The number of benzene rings is 1. The molecule has 3 aromatic rings. The number of halogens is 2. The summed E-state index contributed by atoms with van der Waals surface area (Å²) in [6, 6.07) is 9.74. The fourth-order valence-electron chi connectivity index (χ4n) is 2.63. The second kappa shape index (κ2) is 7.01. The predicted molar refractivity (Wildman–Crippen MR) is 102 cm³/mol. The molecule has 0 spiro atoms. The number of nitrogens with zero attached hydrogens (tertiary/aromatic N) is 4. The van der Waals surface area contributed by atoms with Gasteiger partial charge in [-0.3, -0.25) is 13.9 Å². The second-order valence-corrected chi connectivity index (χ2v) is 6.98. The van der Waals surface area contributed by atoms with E-state index < -0.39 is 5.69 Å². The van der Waals surface area contributed by atoms with Crippen molar-refractivity contribution in [1.82, 2.24) is 18.7 Å². The molecule has 0 bridgehead atoms. The van der Waals surface area contributed by atoms with Crippen molar-refractivity contribution in [1.29, 1.82) is 0 Å². The van der Waals surface area contributed by atoms with E-state index in [0.29, 0.717) is 27.5 Å². The number of allylic oxidation sites excluding steroid dienone is 2. The van der Waals surface area contributed by atoms with Crippen LogP contribution in [0, 0.1) is 0 Å². The Balaban J connectivity index is 2.25. The van der Waals surface area contributed by atoms with E-state index in [1.54, 1.807) is 24.6 Å². The molecule has 0 radical (unpaired) electrons. The van der Waals surface area contributed by atoms with E-state index in [-0.39, 0.29) is 12.1 Å². The number of aromatic nitrogens is 4. The zero-order valence-electron chi connectivity index (χ0n) is 13.7. The van der Waals surface area contributed by atoms with Gasteiger partial charge in [0.2, 0.25) is 0 Å². The van der Waals surface area contributed by atoms with E-state index in [1.165, 1.54) is 4.57 Å². The summed E-state index contributed by atoms with van der Waals surface area (Å²) >= 11 is 9.25. The van der Waals surface area contributed by atoms with Gasteiger partial charge in [0.1, 0.15) is 0 Å². The third-order valence-electron chi connectivity index (χ3n) is 3.92. The lowest BCUT2D eigenvalue weighted by molar-refractivity contribution is 0.662. The molecule has 3 rings (SSSR count). The third kappa shape index (κ3) is 3.34. The van der Waals surface area contributed by atoms with E-state index in [0.717, 1.165) is 10.1 Å². The van der Waals surface area contributed by atoms with E-state index in [9.17, 15) is 9.59 Å². The molecule has 2 heterocycles. The zero-order valence-corrected chi connectivity index (χ0v) is 16.1. The lowest BCUT2D eigenvalue weighted by Gasteiger charge is -2.09. The molecule has 0 N–H and O–H groups in total. The normalized spacial score (nSPS) is 12.1. The fraction of sp³-hybridized carbons (Fsp3) is 0.235. The van der Waals surface area contributed by atoms with Crippen molar-refractivity contribution in [2.45, 2.75) is 20.0 Å². The van der Waals surface area contributed by atoms with Gasteiger partial charge in [0, 0.05) is 12.1 Å². The number of imidazole rings is 1. The van der Waals surface area contributed by atoms with Crippen LogP contribution in [0.15, 0.2) is 55.8 Å². The first-order chi connectivity index (χ1) is 11.9. The van der Waals surface area contributed by atoms with Crippen molar-refractivity contribution in [3.8, 4) is 0 Å². The van der Waals surface area contributed by atoms with Gasteiger partial charge in [-0.15, -0.1) is 0 Å². The summed E-state index contributed by atoms with van der Waals surface area (Å²) in [6.07, 6.45) is 1.63. The lowest BCUT2D eigenvalue weighted by atomic mass is 10.2. The molecule has 0 atom stereocenters. The topological polar surface area (TPSA) is 61.8 Å². The molecule has 0 fully saturated rings. The number of hydrogen-bond donors (Lipinski definition) is 0. The molecule has 2 aromatic heterocycles. The Labute approximate surface area is 157 Å². The van der Waals surface area contributed by atoms with Gasteiger partial charge >= 0.3 is 5.69 Å². The van der Waals surface area contributed by atoms with Crippen LogP contribution in [0.2, 0.25) is 0 Å². The van der Waals surface area contributed by atoms with Crippen molar-refractivity contribution in [3.05, 3.63) is 72.6 Å². The molecule has 0 unspecified atom stereocenters. The molecule has 0 amide bonds. The highest BCUT2D eigenvalue weighted by atomic mass is 79.9. The first-order valence-corrected chi connectivity index (χ1v) is 8.79. The van der Waals surface area contributed by atoms with Crippen molar-refractivity contribution >= 4 is 38.7 Å². The first kappa shape index (κ1) is 17.7. The highest BCUT2D eigenvalue weighted by Gasteiger charge is 2.19. The Morgan fingerprint density at radius 2 is 1.92 bits per heavy atom. The van der Waals surface area contributed by atoms with Gasteiger partial charge in [-0.2, -0.15) is 0 Å². The molecule has 0 saturated heterocycles. The largest absolute Gasteiger partial charge is 0.332 e. The van der Waals surface area contributed by atoms with E-state index in [4.69, 9.17) is 11.6 Å². The Hall–Kier alpha value is -2.12. The molecule has 0 aliphatic carbocycles. The highest BCUT2D eigenvalue weighted by molar-refractivity contribution is 9.10. The molecule has 0 saturated carbocycles. The first-order valence-electron chi connectivity index (χ1n) is 7.62. The minimum Gasteiger partial charge on any atom is -0.308 e. The summed E-state index contributed by atoms with van der Waals surface area (Å²) in [4.78, 5) is 29.8. The Bertz CT molecular complexity index is 1080. The summed E-state index contributed by atoms with van der Waals surface area (Å²) < 4.78 is 4.80. The average molecular weight is 424 g/mol. The van der Waals surface area contributed by atoms with Crippen LogP contribution in [-0.2, 0) is 20.1 Å². The van der Waals surface area contributed by atoms with E-state index in [2.05, 4.69) is 20.9 Å². The Morgan fingerprint density at radius 3 is 2.56 bits per heavy atom. The van der Waals surface area contributed by atoms with Crippen LogP contribution in [0.1, 0.15) is 12.5 Å². The number of aryl methyl sites for hydroxylation is 1. The van der Waals surface area contributed by atoms with E-state index in [1.807, 2.05) is 30.3 Å². The smallest absolute Gasteiger partial charge is 0.308 e. The zero-order chi connectivity index (χ0) is 18.1. The maximum absolute atomic E-state index is 12.9. The quantitative estimate of drug-likeness (QED) is 0.606. The number of rotatable bonds is 4. The van der Waals surface area contributed by atoms with Crippen molar-refractivity contribution in [2.75, 3.05) is 0 Å². The molecular formula is C17H16BrClN4O2. The van der Waals surface area contributed by atoms with Crippen LogP contribution < -0.4 is 11.2 Å². The summed E-state index contributed by atoms with van der Waals surface area (Å²) in [5, 5.41) is 0.521. The van der Waals surface area contributed by atoms with Crippen LogP contribution in [0.25, 0.3) is 11.2 Å². The second-order valence-electron chi connectivity index (χ2n) is 5.67. The summed E-state index contributed by atoms with van der Waals surface area (Å²) in [5.74, 6) is 0. The monoisotopic (exact) mass is 422 g/mol. The van der Waals surface area contributed by atoms with Gasteiger partial charge in [-0.25, -0.2) is 9.78 Å². The Morgan fingerprint density at radius 1 is 1.24 bits per heavy atom. The van der Waals surface area contributed by atoms with Crippen molar-refractivity contribution in [2.24, 2.45) is 7.05 Å². The SMILES string of the molecule is CC(Cl)=CCn1c(=O)c2c(nc(Br)n2Cc2ccccc2)n(C)c1=O. The van der Waals surface area contributed by atoms with Gasteiger partial charge in [-0.1, -0.05) is 48.0 Å². The third-order valence-corrected chi connectivity index (χ3v) is 4.68. The summed E-state index contributed by atoms with van der Waals surface area (Å²) in [7, 11) is 1.60. The van der Waals surface area contributed by atoms with Crippen LogP contribution in [0.4, 0.5) is 0 Å². The molecule has 0 aliphatic heterocycles. The number of fused-ring (bicyclic) bond motifs is 1. The van der Waals surface area contributed by atoms with Crippen LogP contribution in [-0.4, -0.2) is 18.7 Å².